The number of carbonyl (C=O) groups is 1. The van der Waals surface area contributed by atoms with Crippen LogP contribution >= 0.6 is 0 Å². The monoisotopic (exact) mass is 293 g/mol. The fourth-order valence-corrected chi connectivity index (χ4v) is 2.14. The van der Waals surface area contributed by atoms with Gasteiger partial charge in [0, 0.05) is 25.0 Å². The predicted octanol–water partition coefficient (Wildman–Crippen LogP) is 0.423. The second-order valence-corrected chi connectivity index (χ2v) is 6.98. The molecule has 0 aromatic heterocycles. The van der Waals surface area contributed by atoms with Crippen molar-refractivity contribution in [1.82, 2.24) is 5.32 Å². The first-order valence-electron chi connectivity index (χ1n) is 6.24. The van der Waals surface area contributed by atoms with Gasteiger partial charge in [-0.3, -0.25) is 9.35 Å². The minimum Gasteiger partial charge on any atom is -0.352 e. The molecule has 0 radical (unpaired) electrons. The summed E-state index contributed by atoms with van der Waals surface area (Å²) in [6.45, 7) is 7.26. The molecule has 0 aliphatic carbocycles. The Labute approximate surface area is 115 Å². The zero-order valence-corrected chi connectivity index (χ0v) is 12.8. The maximum absolute atomic E-state index is 11.2. The number of hydrogen-bond donors (Lipinski definition) is 2. The van der Waals surface area contributed by atoms with Gasteiger partial charge in [0.1, 0.15) is 0 Å². The van der Waals surface area contributed by atoms with E-state index in [-0.39, 0.29) is 11.7 Å². The molecule has 0 aromatic rings. The van der Waals surface area contributed by atoms with E-state index in [0.717, 1.165) is 13.0 Å². The second kappa shape index (κ2) is 7.62. The van der Waals surface area contributed by atoms with Crippen LogP contribution in [0.1, 0.15) is 19.8 Å². The van der Waals surface area contributed by atoms with Crippen molar-refractivity contribution < 1.29 is 22.2 Å². The minimum absolute atomic E-state index is 0.142. The van der Waals surface area contributed by atoms with Crippen LogP contribution in [0.3, 0.4) is 0 Å². The summed E-state index contributed by atoms with van der Waals surface area (Å²) in [7, 11) is 0.112. The first kappa shape index (κ1) is 18.1. The van der Waals surface area contributed by atoms with E-state index in [0.29, 0.717) is 29.6 Å². The van der Waals surface area contributed by atoms with Crippen molar-refractivity contribution in [2.75, 3.05) is 39.5 Å². The number of nitrogens with zero attached hydrogens (tertiary/aromatic N) is 1. The third-order valence-electron chi connectivity index (χ3n) is 2.78. The molecule has 0 fully saturated rings. The van der Waals surface area contributed by atoms with Crippen LogP contribution in [0.15, 0.2) is 12.2 Å². The number of carbonyl (C=O) groups excluding carboxylic acids is 1. The number of hydrogen-bond acceptors (Lipinski definition) is 3. The van der Waals surface area contributed by atoms with E-state index >= 15 is 0 Å². The van der Waals surface area contributed by atoms with Gasteiger partial charge in [-0.25, -0.2) is 0 Å². The summed E-state index contributed by atoms with van der Waals surface area (Å²) < 4.78 is 30.5. The Balaban J connectivity index is 3.85. The Hall–Kier alpha value is -0.920. The van der Waals surface area contributed by atoms with Crippen molar-refractivity contribution in [2.45, 2.75) is 19.8 Å². The average molecular weight is 293 g/mol. The molecule has 19 heavy (non-hydrogen) atoms. The lowest BCUT2D eigenvalue weighted by molar-refractivity contribution is -0.890. The van der Waals surface area contributed by atoms with Crippen molar-refractivity contribution in [3.05, 3.63) is 12.2 Å². The fourth-order valence-electron chi connectivity index (χ4n) is 1.65. The van der Waals surface area contributed by atoms with Crippen LogP contribution in [0.5, 0.6) is 0 Å². The first-order chi connectivity index (χ1) is 8.53. The number of quaternary nitrogens is 1. The lowest BCUT2D eigenvalue weighted by atomic mass is 10.3. The van der Waals surface area contributed by atoms with Crippen molar-refractivity contribution in [1.29, 1.82) is 0 Å². The highest BCUT2D eigenvalue weighted by Crippen LogP contribution is 2.02. The van der Waals surface area contributed by atoms with Crippen LogP contribution in [-0.4, -0.2) is 62.8 Å². The fraction of sp³-hybridized carbons (Fsp3) is 0.750. The van der Waals surface area contributed by atoms with Gasteiger partial charge < -0.3 is 9.80 Å². The third kappa shape index (κ3) is 10.7. The molecule has 0 saturated heterocycles. The summed E-state index contributed by atoms with van der Waals surface area (Å²) >= 11 is 0. The maximum Gasteiger partial charge on any atom is 0.265 e. The van der Waals surface area contributed by atoms with Crippen LogP contribution in [0.4, 0.5) is 0 Å². The molecule has 6 nitrogen and oxygen atoms in total. The van der Waals surface area contributed by atoms with Gasteiger partial charge in [-0.05, 0) is 6.92 Å². The molecule has 2 N–H and O–H groups in total. The van der Waals surface area contributed by atoms with Gasteiger partial charge in [0.15, 0.2) is 0 Å². The zero-order chi connectivity index (χ0) is 15.1. The van der Waals surface area contributed by atoms with E-state index in [2.05, 4.69) is 11.9 Å². The maximum atomic E-state index is 11.2. The molecule has 0 aliphatic heterocycles. The first-order valence-corrected chi connectivity index (χ1v) is 7.85. The average Bonchev–Trinajstić information content (AvgIpc) is 2.21. The normalized spacial score (nSPS) is 12.2. The van der Waals surface area contributed by atoms with E-state index in [1.54, 1.807) is 6.92 Å². The molecule has 0 heterocycles. The molecule has 0 rings (SSSR count). The highest BCUT2D eigenvalue weighted by atomic mass is 32.2. The Morgan fingerprint density at radius 3 is 2.26 bits per heavy atom. The molecule has 0 saturated carbocycles. The van der Waals surface area contributed by atoms with E-state index in [9.17, 15) is 13.2 Å². The molecule has 0 atom stereocenters. The lowest BCUT2D eigenvalue weighted by Crippen LogP contribution is -2.43. The van der Waals surface area contributed by atoms with Gasteiger partial charge in [0.05, 0.1) is 32.9 Å². The SMILES string of the molecule is C=C(C)C(=O)NCCC[N+](C)(C)CCCS(=O)(=O)O. The van der Waals surface area contributed by atoms with Crippen LogP contribution in [0, 0.1) is 0 Å². The summed E-state index contributed by atoms with van der Waals surface area (Å²) in [6, 6.07) is 0. The molecule has 112 valence electrons. The molecule has 0 aromatic carbocycles. The Bertz CT molecular complexity index is 415. The van der Waals surface area contributed by atoms with Gasteiger partial charge in [0.2, 0.25) is 5.91 Å². The summed E-state index contributed by atoms with van der Waals surface area (Å²) in [4.78, 5) is 11.2. The Morgan fingerprint density at radius 1 is 1.26 bits per heavy atom. The summed E-state index contributed by atoms with van der Waals surface area (Å²) in [5.74, 6) is -0.349. The van der Waals surface area contributed by atoms with Gasteiger partial charge in [0.25, 0.3) is 10.1 Å². The summed E-state index contributed by atoms with van der Waals surface area (Å²) in [5, 5.41) is 2.75. The number of amides is 1. The second-order valence-electron chi connectivity index (χ2n) is 5.41. The van der Waals surface area contributed by atoms with Crippen molar-refractivity contribution >= 4 is 16.0 Å². The van der Waals surface area contributed by atoms with E-state index < -0.39 is 10.1 Å². The molecule has 7 heteroatoms. The van der Waals surface area contributed by atoms with E-state index in [1.165, 1.54) is 0 Å². The van der Waals surface area contributed by atoms with E-state index in [1.807, 2.05) is 14.1 Å². The third-order valence-corrected chi connectivity index (χ3v) is 3.58. The topological polar surface area (TPSA) is 83.5 Å². The van der Waals surface area contributed by atoms with Crippen LogP contribution < -0.4 is 5.32 Å². The molecular formula is C12H25N2O4S+. The Kier molecular flexibility index (Phi) is 7.25. The molecule has 0 aliphatic rings. The van der Waals surface area contributed by atoms with Gasteiger partial charge in [-0.1, -0.05) is 6.58 Å². The predicted molar refractivity (Wildman–Crippen MR) is 75.3 cm³/mol. The van der Waals surface area contributed by atoms with Crippen molar-refractivity contribution in [3.63, 3.8) is 0 Å². The Morgan fingerprint density at radius 2 is 1.79 bits per heavy atom. The van der Waals surface area contributed by atoms with Crippen LogP contribution in [-0.2, 0) is 14.9 Å². The highest BCUT2D eigenvalue weighted by molar-refractivity contribution is 7.85. The molecular weight excluding hydrogens is 268 g/mol. The molecule has 0 unspecified atom stereocenters. The lowest BCUT2D eigenvalue weighted by Gasteiger charge is -2.29. The number of nitrogens with one attached hydrogen (secondary N) is 1. The number of rotatable bonds is 9. The molecule has 1 amide bonds. The van der Waals surface area contributed by atoms with Crippen LogP contribution in [0.2, 0.25) is 0 Å². The van der Waals surface area contributed by atoms with Crippen molar-refractivity contribution in [2.24, 2.45) is 0 Å². The standard InChI is InChI=1S/C12H24N2O4S/c1-11(2)12(15)13-7-5-8-14(3,4)9-6-10-19(16,17)18/h1,5-10H2,2-4H3,(H-,13,15,16,17,18)/p+1. The summed E-state index contributed by atoms with van der Waals surface area (Å²) in [5.41, 5.74) is 0.488. The van der Waals surface area contributed by atoms with Gasteiger partial charge in [-0.2, -0.15) is 8.42 Å². The van der Waals surface area contributed by atoms with E-state index in [4.69, 9.17) is 4.55 Å². The minimum atomic E-state index is -3.87. The summed E-state index contributed by atoms with van der Waals surface area (Å²) in [6.07, 6.45) is 1.22. The van der Waals surface area contributed by atoms with Gasteiger partial charge in [-0.15, -0.1) is 0 Å². The van der Waals surface area contributed by atoms with Gasteiger partial charge >= 0.3 is 0 Å². The van der Waals surface area contributed by atoms with Crippen molar-refractivity contribution in [3.8, 4) is 0 Å². The zero-order valence-electron chi connectivity index (χ0n) is 12.0. The molecule has 0 spiro atoms. The van der Waals surface area contributed by atoms with Crippen LogP contribution in [0.25, 0.3) is 0 Å². The quantitative estimate of drug-likeness (QED) is 0.279. The molecule has 0 bridgehead atoms. The smallest absolute Gasteiger partial charge is 0.265 e. The largest absolute Gasteiger partial charge is 0.352 e. The highest BCUT2D eigenvalue weighted by Gasteiger charge is 2.16.